The summed E-state index contributed by atoms with van der Waals surface area (Å²) in [5.74, 6) is 1.74. The van der Waals surface area contributed by atoms with E-state index in [1.807, 2.05) is 0 Å². The molecular weight excluding hydrogens is 108 g/mol. The van der Waals surface area contributed by atoms with Crippen molar-refractivity contribution in [3.05, 3.63) is 23.8 Å². The molecule has 0 amide bonds. The van der Waals surface area contributed by atoms with Crippen molar-refractivity contribution in [2.24, 2.45) is 11.8 Å². The Hall–Kier alpha value is -0.520. The maximum absolute atomic E-state index is 2.37. The van der Waals surface area contributed by atoms with Gasteiger partial charge in [0.25, 0.3) is 0 Å². The van der Waals surface area contributed by atoms with E-state index in [0.29, 0.717) is 0 Å². The van der Waals surface area contributed by atoms with E-state index in [1.54, 1.807) is 5.57 Å². The Balaban J connectivity index is 2.29. The lowest BCUT2D eigenvalue weighted by atomic mass is 10.0. The number of rotatable bonds is 0. The third-order valence-electron chi connectivity index (χ3n) is 2.52. The van der Waals surface area contributed by atoms with E-state index in [9.17, 15) is 0 Å². The van der Waals surface area contributed by atoms with Gasteiger partial charge in [0, 0.05) is 0 Å². The van der Waals surface area contributed by atoms with Crippen molar-refractivity contribution in [1.29, 1.82) is 0 Å². The first-order chi connectivity index (χ1) is 4.40. The molecule has 0 heteroatoms. The average Bonchev–Trinajstić information content (AvgIpc) is 2.45. The van der Waals surface area contributed by atoms with Gasteiger partial charge in [-0.05, 0) is 31.6 Å². The van der Waals surface area contributed by atoms with Crippen LogP contribution in [0.4, 0.5) is 0 Å². The van der Waals surface area contributed by atoms with Crippen LogP contribution in [0, 0.1) is 11.8 Å². The number of hydrogen-bond donors (Lipinski definition) is 0. The quantitative estimate of drug-likeness (QED) is 0.431. The first-order valence-electron chi connectivity index (χ1n) is 3.73. The van der Waals surface area contributed by atoms with Crippen molar-refractivity contribution < 1.29 is 0 Å². The number of allylic oxidation sites excluding steroid dienone is 4. The lowest BCUT2D eigenvalue weighted by Crippen LogP contribution is -1.90. The molecule has 0 unspecified atom stereocenters. The Kier molecular flexibility index (Phi) is 1.01. The molecule has 2 aliphatic rings. The molecule has 2 aliphatic carbocycles. The summed E-state index contributed by atoms with van der Waals surface area (Å²) < 4.78 is 0. The van der Waals surface area contributed by atoms with Crippen LogP contribution < -0.4 is 0 Å². The van der Waals surface area contributed by atoms with E-state index in [1.165, 1.54) is 12.8 Å². The van der Waals surface area contributed by atoms with Crippen LogP contribution in [0.5, 0.6) is 0 Å². The number of hydrogen-bond acceptors (Lipinski definition) is 0. The van der Waals surface area contributed by atoms with Crippen molar-refractivity contribution in [1.82, 2.24) is 0 Å². The summed E-state index contributed by atoms with van der Waals surface area (Å²) in [5, 5.41) is 0. The van der Waals surface area contributed by atoms with Crippen molar-refractivity contribution in [3.63, 3.8) is 0 Å². The van der Waals surface area contributed by atoms with Gasteiger partial charge in [-0.25, -0.2) is 0 Å². The predicted molar refractivity (Wildman–Crippen MR) is 39.1 cm³/mol. The van der Waals surface area contributed by atoms with Crippen LogP contribution >= 0.6 is 0 Å². The SMILES string of the molecule is C/C=C1/C[C@H]2C=C[C@@H]1C2. The van der Waals surface area contributed by atoms with Crippen LogP contribution in [-0.4, -0.2) is 0 Å². The molecule has 0 aromatic carbocycles. The molecule has 1 fully saturated rings. The van der Waals surface area contributed by atoms with E-state index in [-0.39, 0.29) is 0 Å². The van der Waals surface area contributed by atoms with Crippen LogP contribution in [0.2, 0.25) is 0 Å². The molecule has 0 saturated heterocycles. The summed E-state index contributed by atoms with van der Waals surface area (Å²) in [6, 6.07) is 0. The molecule has 0 aromatic heterocycles. The van der Waals surface area contributed by atoms with Gasteiger partial charge in [-0.15, -0.1) is 0 Å². The largest absolute Gasteiger partial charge is 0.0878 e. The fraction of sp³-hybridized carbons (Fsp3) is 0.556. The number of fused-ring (bicyclic) bond motifs is 2. The van der Waals surface area contributed by atoms with Crippen molar-refractivity contribution in [2.75, 3.05) is 0 Å². The Morgan fingerprint density at radius 3 is 2.78 bits per heavy atom. The van der Waals surface area contributed by atoms with Gasteiger partial charge in [0.1, 0.15) is 0 Å². The predicted octanol–water partition coefficient (Wildman–Crippen LogP) is 2.53. The molecule has 0 heterocycles. The second-order valence-electron chi connectivity index (χ2n) is 3.05. The van der Waals surface area contributed by atoms with E-state index in [4.69, 9.17) is 0 Å². The smallest absolute Gasteiger partial charge is 0.00174 e. The summed E-state index contributed by atoms with van der Waals surface area (Å²) in [5.41, 5.74) is 1.67. The lowest BCUT2D eigenvalue weighted by molar-refractivity contribution is 0.693. The molecule has 2 atom stereocenters. The Bertz CT molecular complexity index is 174. The first kappa shape index (κ1) is 5.28. The highest BCUT2D eigenvalue weighted by Crippen LogP contribution is 2.42. The zero-order valence-corrected chi connectivity index (χ0v) is 5.80. The fourth-order valence-electron chi connectivity index (χ4n) is 1.99. The molecule has 9 heavy (non-hydrogen) atoms. The molecule has 2 rings (SSSR count). The van der Waals surface area contributed by atoms with Gasteiger partial charge >= 0.3 is 0 Å². The summed E-state index contributed by atoms with van der Waals surface area (Å²) >= 11 is 0. The Morgan fingerprint density at radius 2 is 2.44 bits per heavy atom. The van der Waals surface area contributed by atoms with Crippen molar-refractivity contribution in [3.8, 4) is 0 Å². The third-order valence-corrected chi connectivity index (χ3v) is 2.52. The summed E-state index contributed by atoms with van der Waals surface area (Å²) in [7, 11) is 0. The molecular formula is C9H12. The van der Waals surface area contributed by atoms with Crippen LogP contribution in [0.25, 0.3) is 0 Å². The monoisotopic (exact) mass is 120 g/mol. The Morgan fingerprint density at radius 1 is 1.56 bits per heavy atom. The van der Waals surface area contributed by atoms with Crippen LogP contribution in [0.1, 0.15) is 19.8 Å². The molecule has 0 aromatic rings. The van der Waals surface area contributed by atoms with E-state index < -0.39 is 0 Å². The Labute approximate surface area is 56.3 Å². The zero-order chi connectivity index (χ0) is 6.27. The lowest BCUT2D eigenvalue weighted by Gasteiger charge is -2.05. The van der Waals surface area contributed by atoms with Crippen LogP contribution in [0.15, 0.2) is 23.8 Å². The summed E-state index contributed by atoms with van der Waals surface area (Å²) in [6.07, 6.45) is 9.77. The van der Waals surface area contributed by atoms with Crippen molar-refractivity contribution >= 4 is 0 Å². The minimum atomic E-state index is 0.833. The summed E-state index contributed by atoms with van der Waals surface area (Å²) in [4.78, 5) is 0. The highest BCUT2D eigenvalue weighted by molar-refractivity contribution is 5.26. The van der Waals surface area contributed by atoms with Gasteiger partial charge < -0.3 is 0 Å². The van der Waals surface area contributed by atoms with Crippen LogP contribution in [-0.2, 0) is 0 Å². The van der Waals surface area contributed by atoms with E-state index in [2.05, 4.69) is 25.2 Å². The molecule has 48 valence electrons. The van der Waals surface area contributed by atoms with Gasteiger partial charge in [0.2, 0.25) is 0 Å². The van der Waals surface area contributed by atoms with Gasteiger partial charge in [-0.1, -0.05) is 23.8 Å². The minimum absolute atomic E-state index is 0.833. The van der Waals surface area contributed by atoms with Gasteiger partial charge in [-0.2, -0.15) is 0 Å². The molecule has 0 nitrogen and oxygen atoms in total. The molecule has 1 saturated carbocycles. The van der Waals surface area contributed by atoms with Crippen molar-refractivity contribution in [2.45, 2.75) is 19.8 Å². The second-order valence-corrected chi connectivity index (χ2v) is 3.05. The zero-order valence-electron chi connectivity index (χ0n) is 5.80. The standard InChI is InChI=1S/C9H12/c1-2-8-5-7-3-4-9(8)6-7/h2-4,7,9H,5-6H2,1H3/b8-2-/t7-,9-/m1/s1. The first-order valence-corrected chi connectivity index (χ1v) is 3.73. The highest BCUT2D eigenvalue weighted by Gasteiger charge is 2.29. The third kappa shape index (κ3) is 0.658. The van der Waals surface area contributed by atoms with Crippen LogP contribution in [0.3, 0.4) is 0 Å². The highest BCUT2D eigenvalue weighted by atomic mass is 14.3. The molecule has 0 spiro atoms. The van der Waals surface area contributed by atoms with E-state index in [0.717, 1.165) is 11.8 Å². The molecule has 0 radical (unpaired) electrons. The van der Waals surface area contributed by atoms with Gasteiger partial charge in [-0.3, -0.25) is 0 Å². The van der Waals surface area contributed by atoms with E-state index >= 15 is 0 Å². The fourth-order valence-corrected chi connectivity index (χ4v) is 1.99. The molecule has 0 N–H and O–H groups in total. The van der Waals surface area contributed by atoms with Gasteiger partial charge in [0.15, 0.2) is 0 Å². The second kappa shape index (κ2) is 1.73. The maximum atomic E-state index is 2.37. The minimum Gasteiger partial charge on any atom is -0.0878 e. The molecule has 0 aliphatic heterocycles. The normalized spacial score (nSPS) is 43.0. The average molecular weight is 120 g/mol. The molecule has 2 bridgehead atoms. The topological polar surface area (TPSA) is 0 Å². The maximum Gasteiger partial charge on any atom is -0.00174 e. The summed E-state index contributed by atoms with van der Waals surface area (Å²) in [6.45, 7) is 2.16. The van der Waals surface area contributed by atoms with Gasteiger partial charge in [0.05, 0.1) is 0 Å².